The van der Waals surface area contributed by atoms with Crippen molar-refractivity contribution < 1.29 is 27.9 Å². The van der Waals surface area contributed by atoms with E-state index >= 15 is 0 Å². The van der Waals surface area contributed by atoms with E-state index < -0.39 is 29.4 Å². The third kappa shape index (κ3) is 4.43. The molecule has 1 heterocycles. The topological polar surface area (TPSA) is 94.8 Å². The van der Waals surface area contributed by atoms with Crippen molar-refractivity contribution >= 4 is 22.8 Å². The first-order chi connectivity index (χ1) is 13.9. The molecule has 7 nitrogen and oxygen atoms in total. The number of fused-ring (bicyclic) bond motifs is 1. The van der Waals surface area contributed by atoms with Crippen LogP contribution in [0.5, 0.6) is 5.75 Å². The molecule has 0 unspecified atom stereocenters. The number of nitrogens with one attached hydrogen (secondary N) is 1. The van der Waals surface area contributed by atoms with Gasteiger partial charge >= 0.3 is 11.6 Å². The van der Waals surface area contributed by atoms with E-state index in [9.17, 15) is 18.8 Å². The molecule has 0 aliphatic heterocycles. The molecule has 3 rings (SSSR count). The highest BCUT2D eigenvalue weighted by molar-refractivity contribution is 5.97. The number of methoxy groups -OCH3 is 2. The van der Waals surface area contributed by atoms with Crippen molar-refractivity contribution in [2.45, 2.75) is 12.5 Å². The van der Waals surface area contributed by atoms with Crippen molar-refractivity contribution in [2.24, 2.45) is 0 Å². The summed E-state index contributed by atoms with van der Waals surface area (Å²) in [6.45, 7) is 0. The largest absolute Gasteiger partial charge is 0.497 e. The van der Waals surface area contributed by atoms with Gasteiger partial charge in [-0.15, -0.1) is 0 Å². The van der Waals surface area contributed by atoms with Crippen LogP contribution in [0.25, 0.3) is 11.0 Å². The predicted octanol–water partition coefficient (Wildman–Crippen LogP) is 2.45. The molecule has 29 heavy (non-hydrogen) atoms. The van der Waals surface area contributed by atoms with E-state index in [1.54, 1.807) is 18.2 Å². The van der Waals surface area contributed by atoms with Crippen molar-refractivity contribution in [3.63, 3.8) is 0 Å². The smallest absolute Gasteiger partial charge is 0.336 e. The standard InChI is InChI=1S/C21H18FNO6/c1-27-13-7-8-14-12(10-19(24)29-18(14)11-13)9-17(21(26)28-2)23-20(25)15-5-3-4-6-16(15)22/h3-8,10-11,17H,9H2,1-2H3,(H,23,25)/t17-/m1/s1. The van der Waals surface area contributed by atoms with Gasteiger partial charge in [0.15, 0.2) is 0 Å². The van der Waals surface area contributed by atoms with Crippen LogP contribution >= 0.6 is 0 Å². The summed E-state index contributed by atoms with van der Waals surface area (Å²) in [5, 5.41) is 3.04. The SMILES string of the molecule is COC(=O)[C@@H](Cc1cc(=O)oc2cc(OC)ccc12)NC(=O)c1ccccc1F. The third-order valence-corrected chi connectivity index (χ3v) is 4.37. The molecule has 1 N–H and O–H groups in total. The molecule has 0 fully saturated rings. The second-order valence-electron chi connectivity index (χ2n) is 6.19. The zero-order chi connectivity index (χ0) is 21.0. The number of esters is 1. The molecule has 0 aliphatic carbocycles. The van der Waals surface area contributed by atoms with Crippen molar-refractivity contribution in [2.75, 3.05) is 14.2 Å². The zero-order valence-electron chi connectivity index (χ0n) is 15.7. The monoisotopic (exact) mass is 399 g/mol. The number of hydrogen-bond acceptors (Lipinski definition) is 6. The number of hydrogen-bond donors (Lipinski definition) is 1. The highest BCUT2D eigenvalue weighted by atomic mass is 19.1. The number of halogens is 1. The summed E-state index contributed by atoms with van der Waals surface area (Å²) >= 11 is 0. The van der Waals surface area contributed by atoms with Crippen LogP contribution in [0.1, 0.15) is 15.9 Å². The van der Waals surface area contributed by atoms with Crippen LogP contribution in [-0.4, -0.2) is 32.1 Å². The van der Waals surface area contributed by atoms with Crippen LogP contribution in [0.2, 0.25) is 0 Å². The Balaban J connectivity index is 1.95. The van der Waals surface area contributed by atoms with E-state index in [0.29, 0.717) is 16.7 Å². The van der Waals surface area contributed by atoms with Gasteiger partial charge in [0.25, 0.3) is 5.91 Å². The lowest BCUT2D eigenvalue weighted by Crippen LogP contribution is -2.43. The van der Waals surface area contributed by atoms with Crippen LogP contribution in [0.15, 0.2) is 57.7 Å². The summed E-state index contributed by atoms with van der Waals surface area (Å²) < 4.78 is 29.0. The second-order valence-corrected chi connectivity index (χ2v) is 6.19. The molecule has 1 atom stereocenters. The number of benzene rings is 2. The fourth-order valence-electron chi connectivity index (χ4n) is 2.94. The molecule has 0 bridgehead atoms. The number of carbonyl (C=O) groups is 2. The summed E-state index contributed by atoms with van der Waals surface area (Å²) in [7, 11) is 2.65. The van der Waals surface area contributed by atoms with Crippen molar-refractivity contribution in [3.05, 3.63) is 75.9 Å². The van der Waals surface area contributed by atoms with Crippen LogP contribution in [0.3, 0.4) is 0 Å². The van der Waals surface area contributed by atoms with Gasteiger partial charge in [0, 0.05) is 23.9 Å². The van der Waals surface area contributed by atoms with E-state index in [4.69, 9.17) is 13.9 Å². The summed E-state index contributed by atoms with van der Waals surface area (Å²) in [5.74, 6) is -1.72. The molecule has 1 aromatic heterocycles. The van der Waals surface area contributed by atoms with Crippen molar-refractivity contribution in [1.82, 2.24) is 5.32 Å². The van der Waals surface area contributed by atoms with E-state index in [1.165, 1.54) is 38.5 Å². The number of amides is 1. The van der Waals surface area contributed by atoms with E-state index in [0.717, 1.165) is 6.07 Å². The molecule has 0 saturated carbocycles. The van der Waals surface area contributed by atoms with Crippen LogP contribution in [0.4, 0.5) is 4.39 Å². The maximum Gasteiger partial charge on any atom is 0.336 e. The fraction of sp³-hybridized carbons (Fsp3) is 0.190. The van der Waals surface area contributed by atoms with E-state index in [2.05, 4.69) is 5.32 Å². The Morgan fingerprint density at radius 1 is 1.14 bits per heavy atom. The Labute approximate surface area is 165 Å². The van der Waals surface area contributed by atoms with Crippen molar-refractivity contribution in [1.29, 1.82) is 0 Å². The molecule has 2 aromatic carbocycles. The molecule has 0 radical (unpaired) electrons. The van der Waals surface area contributed by atoms with Crippen LogP contribution in [0, 0.1) is 5.82 Å². The van der Waals surface area contributed by atoms with Gasteiger partial charge in [0.2, 0.25) is 0 Å². The second kappa shape index (κ2) is 8.55. The molecule has 3 aromatic rings. The van der Waals surface area contributed by atoms with Gasteiger partial charge in [-0.2, -0.15) is 0 Å². The minimum absolute atomic E-state index is 0.0543. The Morgan fingerprint density at radius 2 is 1.90 bits per heavy atom. The summed E-state index contributed by atoms with van der Waals surface area (Å²) in [4.78, 5) is 36.6. The Morgan fingerprint density at radius 3 is 2.59 bits per heavy atom. The van der Waals surface area contributed by atoms with E-state index in [-0.39, 0.29) is 17.6 Å². The highest BCUT2D eigenvalue weighted by Crippen LogP contribution is 2.23. The van der Waals surface area contributed by atoms with E-state index in [1.807, 2.05) is 0 Å². The predicted molar refractivity (Wildman–Crippen MR) is 102 cm³/mol. The van der Waals surface area contributed by atoms with Crippen LogP contribution < -0.4 is 15.7 Å². The normalized spacial score (nSPS) is 11.7. The molecule has 0 spiro atoms. The minimum Gasteiger partial charge on any atom is -0.497 e. The number of carbonyl (C=O) groups excluding carboxylic acids is 2. The molecule has 0 aliphatic rings. The first-order valence-corrected chi connectivity index (χ1v) is 8.67. The average Bonchev–Trinajstić information content (AvgIpc) is 2.72. The quantitative estimate of drug-likeness (QED) is 0.505. The molecule has 150 valence electrons. The zero-order valence-corrected chi connectivity index (χ0v) is 15.7. The first kappa shape index (κ1) is 20.1. The maximum absolute atomic E-state index is 13.9. The Kier molecular flexibility index (Phi) is 5.92. The lowest BCUT2D eigenvalue weighted by atomic mass is 10.0. The van der Waals surface area contributed by atoms with Gasteiger partial charge in [-0.25, -0.2) is 14.0 Å². The van der Waals surface area contributed by atoms with Gasteiger partial charge < -0.3 is 19.2 Å². The van der Waals surface area contributed by atoms with Gasteiger partial charge in [-0.05, 0) is 29.8 Å². The molecule has 1 amide bonds. The summed E-state index contributed by atoms with van der Waals surface area (Å²) in [6, 6.07) is 10.4. The Bertz CT molecular complexity index is 1120. The van der Waals surface area contributed by atoms with Gasteiger partial charge in [0.1, 0.15) is 23.2 Å². The first-order valence-electron chi connectivity index (χ1n) is 8.67. The molecular formula is C21H18FNO6. The maximum atomic E-state index is 13.9. The minimum atomic E-state index is -1.14. The van der Waals surface area contributed by atoms with Gasteiger partial charge in [0.05, 0.1) is 19.8 Å². The Hall–Kier alpha value is -3.68. The average molecular weight is 399 g/mol. The number of ether oxygens (including phenoxy) is 2. The van der Waals surface area contributed by atoms with Crippen LogP contribution in [-0.2, 0) is 16.0 Å². The summed E-state index contributed by atoms with van der Waals surface area (Å²) in [6.07, 6.45) is -0.0543. The van der Waals surface area contributed by atoms with Gasteiger partial charge in [-0.1, -0.05) is 12.1 Å². The lowest BCUT2D eigenvalue weighted by Gasteiger charge is -2.17. The molecular weight excluding hydrogens is 381 g/mol. The third-order valence-electron chi connectivity index (χ3n) is 4.37. The molecule has 8 heteroatoms. The number of rotatable bonds is 6. The highest BCUT2D eigenvalue weighted by Gasteiger charge is 2.25. The van der Waals surface area contributed by atoms with Gasteiger partial charge in [-0.3, -0.25) is 4.79 Å². The lowest BCUT2D eigenvalue weighted by molar-refractivity contribution is -0.142. The molecule has 0 saturated heterocycles. The fourth-order valence-corrected chi connectivity index (χ4v) is 2.94. The summed E-state index contributed by atoms with van der Waals surface area (Å²) in [5.41, 5.74) is -0.0904. The van der Waals surface area contributed by atoms with Crippen molar-refractivity contribution in [3.8, 4) is 5.75 Å².